The van der Waals surface area contributed by atoms with Crippen molar-refractivity contribution in [2.24, 2.45) is 0 Å². The molecule has 0 spiro atoms. The van der Waals surface area contributed by atoms with E-state index in [1.54, 1.807) is 0 Å². The van der Waals surface area contributed by atoms with Crippen molar-refractivity contribution in [1.29, 1.82) is 0 Å². The van der Waals surface area contributed by atoms with E-state index in [0.717, 1.165) is 25.2 Å². The predicted molar refractivity (Wildman–Crippen MR) is 129 cm³/mol. The first-order valence-electron chi connectivity index (χ1n) is 11.2. The van der Waals surface area contributed by atoms with Gasteiger partial charge in [-0.15, -0.1) is 0 Å². The molecule has 3 aromatic rings. The summed E-state index contributed by atoms with van der Waals surface area (Å²) in [5.74, 6) is 0.0639. The number of benzene rings is 3. The Morgan fingerprint density at radius 3 is 2.33 bits per heavy atom. The number of rotatable bonds is 6. The summed E-state index contributed by atoms with van der Waals surface area (Å²) in [6.45, 7) is 6.32. The smallest absolute Gasteiger partial charge is 0.410 e. The Hall–Kier alpha value is -2.89. The van der Waals surface area contributed by atoms with E-state index in [0.29, 0.717) is 10.8 Å². The van der Waals surface area contributed by atoms with Crippen LogP contribution in [0.2, 0.25) is 5.02 Å². The maximum atomic E-state index is 13.3. The van der Waals surface area contributed by atoms with Gasteiger partial charge in [0.1, 0.15) is 11.6 Å². The molecule has 3 aromatic carbocycles. The lowest BCUT2D eigenvalue weighted by Crippen LogP contribution is -2.49. The van der Waals surface area contributed by atoms with Crippen LogP contribution < -0.4 is 4.74 Å². The SMILES string of the molecule is CC(C)N(C(=O)Oc1ccc(F)cc1)[C@@H]1CN(Cc2ccccc2)C[C@H]1c1ccc(Cl)cc1. The van der Waals surface area contributed by atoms with Gasteiger partial charge < -0.3 is 9.64 Å². The predicted octanol–water partition coefficient (Wildman–Crippen LogP) is 6.36. The molecule has 0 radical (unpaired) electrons. The molecule has 1 aliphatic rings. The highest BCUT2D eigenvalue weighted by atomic mass is 35.5. The van der Waals surface area contributed by atoms with Crippen LogP contribution in [0.1, 0.15) is 30.9 Å². The fourth-order valence-corrected chi connectivity index (χ4v) is 4.67. The first-order valence-corrected chi connectivity index (χ1v) is 11.6. The molecule has 0 unspecified atom stereocenters. The molecule has 1 fully saturated rings. The molecule has 4 nitrogen and oxygen atoms in total. The molecule has 4 rings (SSSR count). The molecule has 33 heavy (non-hydrogen) atoms. The molecule has 6 heteroatoms. The number of carbonyl (C=O) groups excluding carboxylic acids is 1. The van der Waals surface area contributed by atoms with Crippen molar-refractivity contribution in [1.82, 2.24) is 9.80 Å². The highest BCUT2D eigenvalue weighted by molar-refractivity contribution is 6.30. The molecule has 0 aromatic heterocycles. The Morgan fingerprint density at radius 1 is 1.03 bits per heavy atom. The Kier molecular flexibility index (Phi) is 7.31. The summed E-state index contributed by atoms with van der Waals surface area (Å²) in [4.78, 5) is 17.5. The van der Waals surface area contributed by atoms with E-state index in [1.165, 1.54) is 29.8 Å². The summed E-state index contributed by atoms with van der Waals surface area (Å²) >= 11 is 6.13. The Morgan fingerprint density at radius 2 is 1.70 bits per heavy atom. The number of nitrogens with zero attached hydrogens (tertiary/aromatic N) is 2. The monoisotopic (exact) mass is 466 g/mol. The van der Waals surface area contributed by atoms with Crippen LogP contribution >= 0.6 is 11.6 Å². The number of ether oxygens (including phenoxy) is 1. The van der Waals surface area contributed by atoms with Crippen molar-refractivity contribution in [2.75, 3.05) is 13.1 Å². The topological polar surface area (TPSA) is 32.8 Å². The highest BCUT2D eigenvalue weighted by Crippen LogP contribution is 2.34. The minimum atomic E-state index is -0.429. The number of halogens is 2. The zero-order chi connectivity index (χ0) is 23.4. The molecule has 0 saturated carbocycles. The van der Waals surface area contributed by atoms with Crippen LogP contribution in [0.15, 0.2) is 78.9 Å². The van der Waals surface area contributed by atoms with Crippen LogP contribution in [0.3, 0.4) is 0 Å². The normalized spacial score (nSPS) is 18.5. The maximum absolute atomic E-state index is 13.3. The van der Waals surface area contributed by atoms with Crippen molar-refractivity contribution >= 4 is 17.7 Å². The van der Waals surface area contributed by atoms with Crippen LogP contribution in [0.25, 0.3) is 0 Å². The first-order chi connectivity index (χ1) is 15.9. The molecule has 172 valence electrons. The lowest BCUT2D eigenvalue weighted by molar-refractivity contribution is 0.110. The van der Waals surface area contributed by atoms with E-state index >= 15 is 0 Å². The second-order valence-corrected chi connectivity index (χ2v) is 9.16. The third-order valence-corrected chi connectivity index (χ3v) is 6.31. The average molecular weight is 467 g/mol. The number of carbonyl (C=O) groups is 1. The molecule has 1 amide bonds. The third-order valence-electron chi connectivity index (χ3n) is 6.06. The van der Waals surface area contributed by atoms with Gasteiger partial charge in [-0.25, -0.2) is 9.18 Å². The van der Waals surface area contributed by atoms with E-state index in [9.17, 15) is 9.18 Å². The Bertz CT molecular complexity index is 1060. The molecule has 1 heterocycles. The van der Waals surface area contributed by atoms with E-state index in [1.807, 2.05) is 61.2 Å². The largest absolute Gasteiger partial charge is 0.415 e. The lowest BCUT2D eigenvalue weighted by atomic mass is 9.93. The van der Waals surface area contributed by atoms with Crippen molar-refractivity contribution in [3.63, 3.8) is 0 Å². The van der Waals surface area contributed by atoms with Gasteiger partial charge >= 0.3 is 6.09 Å². The minimum Gasteiger partial charge on any atom is -0.410 e. The zero-order valence-electron chi connectivity index (χ0n) is 18.8. The summed E-state index contributed by atoms with van der Waals surface area (Å²) in [6, 6.07) is 23.6. The maximum Gasteiger partial charge on any atom is 0.415 e. The van der Waals surface area contributed by atoms with Crippen molar-refractivity contribution < 1.29 is 13.9 Å². The standard InChI is InChI=1S/C27H28ClFN2O2/c1-19(2)31(27(32)33-24-14-12-23(29)13-15-24)26-18-30(16-20-6-4-3-5-7-20)17-25(26)21-8-10-22(28)11-9-21/h3-15,19,25-26H,16-18H2,1-2H3/t25-,26+/m0/s1. The second kappa shape index (κ2) is 10.4. The number of hydrogen-bond acceptors (Lipinski definition) is 3. The molecule has 1 aliphatic heterocycles. The average Bonchev–Trinajstić information content (AvgIpc) is 3.19. The third kappa shape index (κ3) is 5.73. The Balaban J connectivity index is 1.60. The molecular formula is C27H28ClFN2O2. The molecule has 2 atom stereocenters. The van der Waals surface area contributed by atoms with Gasteiger partial charge in [0.2, 0.25) is 0 Å². The van der Waals surface area contributed by atoms with E-state index in [2.05, 4.69) is 17.0 Å². The summed E-state index contributed by atoms with van der Waals surface area (Å²) in [5.41, 5.74) is 2.37. The fraction of sp³-hybridized carbons (Fsp3) is 0.296. The van der Waals surface area contributed by atoms with Gasteiger partial charge in [-0.1, -0.05) is 54.1 Å². The van der Waals surface area contributed by atoms with Crippen molar-refractivity contribution in [3.05, 3.63) is 101 Å². The van der Waals surface area contributed by atoms with Crippen LogP contribution in [0.5, 0.6) is 5.75 Å². The highest BCUT2D eigenvalue weighted by Gasteiger charge is 2.41. The van der Waals surface area contributed by atoms with Gasteiger partial charge in [0.15, 0.2) is 0 Å². The molecule has 1 saturated heterocycles. The van der Waals surface area contributed by atoms with Gasteiger partial charge in [-0.05, 0) is 61.4 Å². The fourth-order valence-electron chi connectivity index (χ4n) is 4.54. The lowest BCUT2D eigenvalue weighted by Gasteiger charge is -2.35. The van der Waals surface area contributed by atoms with Gasteiger partial charge in [0.25, 0.3) is 0 Å². The van der Waals surface area contributed by atoms with Crippen LogP contribution in [-0.4, -0.2) is 41.1 Å². The van der Waals surface area contributed by atoms with E-state index < -0.39 is 6.09 Å². The molecule has 0 aliphatic carbocycles. The van der Waals surface area contributed by atoms with Gasteiger partial charge in [0.05, 0.1) is 6.04 Å². The van der Waals surface area contributed by atoms with E-state index in [4.69, 9.17) is 16.3 Å². The molecule has 0 bridgehead atoms. The minimum absolute atomic E-state index is 0.0746. The zero-order valence-corrected chi connectivity index (χ0v) is 19.6. The van der Waals surface area contributed by atoms with E-state index in [-0.39, 0.29) is 23.8 Å². The first kappa shape index (κ1) is 23.3. The summed E-state index contributed by atoms with van der Waals surface area (Å²) in [7, 11) is 0. The number of likely N-dealkylation sites (tertiary alicyclic amines) is 1. The molecule has 0 N–H and O–H groups in total. The Labute approximate surface area is 199 Å². The molecular weight excluding hydrogens is 439 g/mol. The van der Waals surface area contributed by atoms with Gasteiger partial charge in [0, 0.05) is 36.6 Å². The van der Waals surface area contributed by atoms with Crippen molar-refractivity contribution in [2.45, 2.75) is 38.4 Å². The van der Waals surface area contributed by atoms with Crippen LogP contribution in [-0.2, 0) is 6.54 Å². The second-order valence-electron chi connectivity index (χ2n) is 8.73. The van der Waals surface area contributed by atoms with Gasteiger partial charge in [-0.3, -0.25) is 4.90 Å². The van der Waals surface area contributed by atoms with Crippen molar-refractivity contribution in [3.8, 4) is 5.75 Å². The quantitative estimate of drug-likeness (QED) is 0.424. The summed E-state index contributed by atoms with van der Waals surface area (Å²) < 4.78 is 18.9. The summed E-state index contributed by atoms with van der Waals surface area (Å²) in [6.07, 6.45) is -0.429. The number of hydrogen-bond donors (Lipinski definition) is 0. The van der Waals surface area contributed by atoms with Gasteiger partial charge in [-0.2, -0.15) is 0 Å². The van der Waals surface area contributed by atoms with Crippen LogP contribution in [0.4, 0.5) is 9.18 Å². The van der Waals surface area contributed by atoms with Crippen LogP contribution in [0, 0.1) is 5.82 Å². The number of amides is 1. The summed E-state index contributed by atoms with van der Waals surface area (Å²) in [5, 5.41) is 0.686.